The van der Waals surface area contributed by atoms with Crippen molar-refractivity contribution in [2.75, 3.05) is 18.8 Å². The van der Waals surface area contributed by atoms with Crippen molar-refractivity contribution in [2.45, 2.75) is 17.9 Å². The Balaban J connectivity index is 1.55. The third kappa shape index (κ3) is 4.48. The molecule has 0 radical (unpaired) electrons. The van der Waals surface area contributed by atoms with Crippen molar-refractivity contribution in [1.82, 2.24) is 9.79 Å². The average Bonchev–Trinajstić information content (AvgIpc) is 2.70. The maximum absolute atomic E-state index is 13.3. The van der Waals surface area contributed by atoms with Crippen molar-refractivity contribution in [2.24, 2.45) is 0 Å². The molecule has 0 bridgehead atoms. The second-order valence-electron chi connectivity index (χ2n) is 6.23. The van der Waals surface area contributed by atoms with E-state index in [0.29, 0.717) is 24.2 Å². The van der Waals surface area contributed by atoms with E-state index in [1.807, 2.05) is 0 Å². The highest BCUT2D eigenvalue weighted by atomic mass is 32.2. The molecule has 0 unspecified atom stereocenters. The molecule has 0 fully saturated rings. The summed E-state index contributed by atoms with van der Waals surface area (Å²) in [4.78, 5) is 5.59. The third-order valence-electron chi connectivity index (χ3n) is 4.28. The van der Waals surface area contributed by atoms with E-state index in [1.54, 1.807) is 24.3 Å². The summed E-state index contributed by atoms with van der Waals surface area (Å²) in [5.74, 6) is -0.573. The van der Waals surface area contributed by atoms with E-state index in [1.165, 1.54) is 34.6 Å². The van der Waals surface area contributed by atoms with Gasteiger partial charge in [-0.05, 0) is 48.0 Å². The van der Waals surface area contributed by atoms with Crippen molar-refractivity contribution >= 4 is 15.7 Å². The summed E-state index contributed by atoms with van der Waals surface area (Å²) in [6.07, 6.45) is 2.20. The lowest BCUT2D eigenvalue weighted by Gasteiger charge is -2.26. The quantitative estimate of drug-likeness (QED) is 0.567. The minimum Gasteiger partial charge on any atom is -0.399 e. The molecule has 1 heterocycles. The van der Waals surface area contributed by atoms with Crippen molar-refractivity contribution in [1.29, 1.82) is 5.26 Å². The van der Waals surface area contributed by atoms with Crippen LogP contribution in [0.1, 0.15) is 17.5 Å². The summed E-state index contributed by atoms with van der Waals surface area (Å²) in [6, 6.07) is 12.0. The minimum atomic E-state index is -3.58. The summed E-state index contributed by atoms with van der Waals surface area (Å²) >= 11 is 0. The molecule has 0 saturated heterocycles. The van der Waals surface area contributed by atoms with Gasteiger partial charge in [-0.3, -0.25) is 10.3 Å². The molecular formula is C19H19FN4O3S. The molecule has 28 heavy (non-hydrogen) atoms. The molecule has 1 aliphatic rings. The van der Waals surface area contributed by atoms with E-state index in [0.717, 1.165) is 5.70 Å². The summed E-state index contributed by atoms with van der Waals surface area (Å²) in [6.45, 7) is 0.664. The first-order valence-electron chi connectivity index (χ1n) is 8.51. The zero-order valence-electron chi connectivity index (χ0n) is 14.9. The highest BCUT2D eigenvalue weighted by molar-refractivity contribution is 7.89. The summed E-state index contributed by atoms with van der Waals surface area (Å²) in [7, 11) is -3.58. The van der Waals surface area contributed by atoms with E-state index in [2.05, 4.69) is 5.48 Å². The van der Waals surface area contributed by atoms with Gasteiger partial charge in [0.05, 0.1) is 17.1 Å². The number of hydrogen-bond donors (Lipinski definition) is 2. The van der Waals surface area contributed by atoms with E-state index < -0.39 is 15.8 Å². The Bertz CT molecular complexity index is 1030. The standard InChI is InChI=1S/C19H19FN4O3S/c20-19-6-1-14(11-15(19)12-21)13-27-23-17-7-9-24(10-8-17)28(25,26)18-4-2-16(22)3-5-18/h1-7,11,23H,8-10,13,22H2. The maximum atomic E-state index is 13.3. The number of halogens is 1. The van der Waals surface area contributed by atoms with Gasteiger partial charge in [-0.2, -0.15) is 9.57 Å². The van der Waals surface area contributed by atoms with Crippen LogP contribution in [0.5, 0.6) is 0 Å². The molecule has 3 rings (SSSR count). The number of nitriles is 1. The number of hydroxylamine groups is 1. The van der Waals surface area contributed by atoms with Crippen LogP contribution in [-0.4, -0.2) is 25.8 Å². The Morgan fingerprint density at radius 2 is 2.00 bits per heavy atom. The van der Waals surface area contributed by atoms with E-state index >= 15 is 0 Å². The van der Waals surface area contributed by atoms with Gasteiger partial charge in [-0.1, -0.05) is 6.07 Å². The molecular weight excluding hydrogens is 383 g/mol. The van der Waals surface area contributed by atoms with Gasteiger partial charge in [0.1, 0.15) is 11.9 Å². The number of hydrogen-bond acceptors (Lipinski definition) is 6. The Morgan fingerprint density at radius 1 is 1.25 bits per heavy atom. The molecule has 2 aromatic rings. The molecule has 146 valence electrons. The van der Waals surface area contributed by atoms with Gasteiger partial charge in [0, 0.05) is 30.9 Å². The molecule has 1 aliphatic heterocycles. The minimum absolute atomic E-state index is 0.0403. The molecule has 0 atom stereocenters. The number of sulfonamides is 1. The second kappa shape index (κ2) is 8.39. The Morgan fingerprint density at radius 3 is 2.64 bits per heavy atom. The topological polar surface area (TPSA) is 108 Å². The van der Waals surface area contributed by atoms with Crippen LogP contribution < -0.4 is 11.2 Å². The van der Waals surface area contributed by atoms with Crippen molar-refractivity contribution in [3.05, 3.63) is 71.2 Å². The summed E-state index contributed by atoms with van der Waals surface area (Å²) in [5, 5.41) is 8.84. The van der Waals surface area contributed by atoms with Gasteiger partial charge in [-0.15, -0.1) is 0 Å². The van der Waals surface area contributed by atoms with Crippen LogP contribution in [0.4, 0.5) is 10.1 Å². The lowest BCUT2D eigenvalue weighted by atomic mass is 10.1. The summed E-state index contributed by atoms with van der Waals surface area (Å²) < 4.78 is 40.0. The van der Waals surface area contributed by atoms with Crippen LogP contribution >= 0.6 is 0 Å². The van der Waals surface area contributed by atoms with Gasteiger partial charge < -0.3 is 5.73 Å². The third-order valence-corrected chi connectivity index (χ3v) is 6.16. The molecule has 9 heteroatoms. The van der Waals surface area contributed by atoms with Crippen LogP contribution in [0.15, 0.2) is 59.1 Å². The Hall–Kier alpha value is -2.93. The number of rotatable bonds is 6. The lowest BCUT2D eigenvalue weighted by molar-refractivity contribution is 0.0452. The molecule has 0 spiro atoms. The Kier molecular flexibility index (Phi) is 5.94. The molecule has 7 nitrogen and oxygen atoms in total. The SMILES string of the molecule is N#Cc1cc(CONC2=CCN(S(=O)(=O)c3ccc(N)cc3)CC2)ccc1F. The van der Waals surface area contributed by atoms with Crippen LogP contribution in [-0.2, 0) is 21.5 Å². The molecule has 3 N–H and O–H groups in total. The number of benzene rings is 2. The van der Waals surface area contributed by atoms with Crippen LogP contribution in [0, 0.1) is 17.1 Å². The van der Waals surface area contributed by atoms with Crippen molar-refractivity contribution in [3.63, 3.8) is 0 Å². The van der Waals surface area contributed by atoms with E-state index in [4.69, 9.17) is 15.8 Å². The fourth-order valence-corrected chi connectivity index (χ4v) is 4.09. The van der Waals surface area contributed by atoms with Crippen LogP contribution in [0.3, 0.4) is 0 Å². The Labute approximate surface area is 162 Å². The lowest BCUT2D eigenvalue weighted by Crippen LogP contribution is -2.36. The number of nitrogens with zero attached hydrogens (tertiary/aromatic N) is 2. The van der Waals surface area contributed by atoms with Gasteiger partial charge in [0.2, 0.25) is 10.0 Å². The van der Waals surface area contributed by atoms with Gasteiger partial charge in [0.15, 0.2) is 0 Å². The molecule has 0 amide bonds. The maximum Gasteiger partial charge on any atom is 0.243 e. The fourth-order valence-electron chi connectivity index (χ4n) is 2.71. The zero-order chi connectivity index (χ0) is 20.1. The normalized spacial score (nSPS) is 14.9. The highest BCUT2D eigenvalue weighted by Crippen LogP contribution is 2.21. The summed E-state index contributed by atoms with van der Waals surface area (Å²) in [5.41, 5.74) is 10.3. The van der Waals surface area contributed by atoms with Crippen molar-refractivity contribution < 1.29 is 17.6 Å². The largest absolute Gasteiger partial charge is 0.399 e. The number of nitrogen functional groups attached to an aromatic ring is 1. The monoisotopic (exact) mass is 402 g/mol. The van der Waals surface area contributed by atoms with E-state index in [9.17, 15) is 12.8 Å². The first-order valence-corrected chi connectivity index (χ1v) is 9.95. The number of nitrogens with one attached hydrogen (secondary N) is 1. The second-order valence-corrected chi connectivity index (χ2v) is 8.17. The predicted molar refractivity (Wildman–Crippen MR) is 101 cm³/mol. The van der Waals surface area contributed by atoms with Crippen LogP contribution in [0.2, 0.25) is 0 Å². The van der Waals surface area contributed by atoms with E-state index in [-0.39, 0.29) is 23.6 Å². The zero-order valence-corrected chi connectivity index (χ0v) is 15.7. The van der Waals surface area contributed by atoms with Gasteiger partial charge in [0.25, 0.3) is 0 Å². The molecule has 2 aromatic carbocycles. The first kappa shape index (κ1) is 19.8. The first-order chi connectivity index (χ1) is 13.4. The molecule has 0 aliphatic carbocycles. The van der Waals surface area contributed by atoms with Gasteiger partial charge in [-0.25, -0.2) is 12.8 Å². The number of anilines is 1. The average molecular weight is 402 g/mol. The van der Waals surface area contributed by atoms with Crippen LogP contribution in [0.25, 0.3) is 0 Å². The predicted octanol–water partition coefficient (Wildman–Crippen LogP) is 2.28. The molecule has 0 saturated carbocycles. The van der Waals surface area contributed by atoms with Crippen molar-refractivity contribution in [3.8, 4) is 6.07 Å². The number of nitrogens with two attached hydrogens (primary N) is 1. The smallest absolute Gasteiger partial charge is 0.243 e. The van der Waals surface area contributed by atoms with Gasteiger partial charge >= 0.3 is 0 Å². The highest BCUT2D eigenvalue weighted by Gasteiger charge is 2.26. The fraction of sp³-hybridized carbons (Fsp3) is 0.211. The molecule has 0 aromatic heterocycles.